The van der Waals surface area contributed by atoms with Crippen LogP contribution in [0, 0.1) is 0 Å². The smallest absolute Gasteiger partial charge is 0.265 e. The number of carbonyl (C=O) groups is 2. The standard InChI is InChI=1S/C17H19N3O2S/c1-3-10-18-16(21)12(2)19-13-6-8-14(9-7-13)20-17(22)15-5-4-11-23-15/h3-9,11-12,19H,1,10H2,2H3,(H,18,21)(H,20,22). The number of carbonyl (C=O) groups excluding carboxylic acids is 2. The van der Waals surface area contributed by atoms with Gasteiger partial charge in [-0.15, -0.1) is 17.9 Å². The molecule has 0 spiro atoms. The van der Waals surface area contributed by atoms with Gasteiger partial charge in [0.15, 0.2) is 0 Å². The van der Waals surface area contributed by atoms with Gasteiger partial charge in [-0.25, -0.2) is 0 Å². The van der Waals surface area contributed by atoms with Crippen molar-refractivity contribution < 1.29 is 9.59 Å². The maximum absolute atomic E-state index is 12.0. The molecule has 0 saturated heterocycles. The van der Waals surface area contributed by atoms with Crippen molar-refractivity contribution in [1.29, 1.82) is 0 Å². The number of nitrogens with one attached hydrogen (secondary N) is 3. The second kappa shape index (κ2) is 8.14. The van der Waals surface area contributed by atoms with Gasteiger partial charge in [0.05, 0.1) is 4.88 Å². The van der Waals surface area contributed by atoms with Crippen LogP contribution in [-0.2, 0) is 4.79 Å². The molecule has 1 unspecified atom stereocenters. The Morgan fingerprint density at radius 3 is 2.52 bits per heavy atom. The molecule has 0 saturated carbocycles. The van der Waals surface area contributed by atoms with E-state index < -0.39 is 0 Å². The Hall–Kier alpha value is -2.60. The Kier molecular flexibility index (Phi) is 5.94. The molecule has 0 aliphatic heterocycles. The number of amides is 2. The summed E-state index contributed by atoms with van der Waals surface area (Å²) in [4.78, 5) is 24.4. The van der Waals surface area contributed by atoms with E-state index in [0.29, 0.717) is 17.1 Å². The van der Waals surface area contributed by atoms with Crippen LogP contribution in [0.3, 0.4) is 0 Å². The molecule has 1 aromatic carbocycles. The quantitative estimate of drug-likeness (QED) is 0.684. The zero-order chi connectivity index (χ0) is 16.7. The van der Waals surface area contributed by atoms with E-state index in [-0.39, 0.29) is 17.9 Å². The molecule has 2 amide bonds. The van der Waals surface area contributed by atoms with E-state index in [2.05, 4.69) is 22.5 Å². The number of rotatable bonds is 7. The van der Waals surface area contributed by atoms with Crippen LogP contribution < -0.4 is 16.0 Å². The summed E-state index contributed by atoms with van der Waals surface area (Å²) in [5, 5.41) is 10.5. The molecule has 0 aliphatic carbocycles. The Labute approximate surface area is 139 Å². The zero-order valence-corrected chi connectivity index (χ0v) is 13.7. The van der Waals surface area contributed by atoms with E-state index in [0.717, 1.165) is 5.69 Å². The van der Waals surface area contributed by atoms with Gasteiger partial charge in [-0.3, -0.25) is 9.59 Å². The number of hydrogen-bond donors (Lipinski definition) is 3. The molecule has 0 fully saturated rings. The van der Waals surface area contributed by atoms with Gasteiger partial charge >= 0.3 is 0 Å². The lowest BCUT2D eigenvalue weighted by Gasteiger charge is -2.15. The Balaban J connectivity index is 1.90. The summed E-state index contributed by atoms with van der Waals surface area (Å²) in [6.45, 7) is 5.78. The Morgan fingerprint density at radius 1 is 1.22 bits per heavy atom. The first-order valence-corrected chi connectivity index (χ1v) is 8.08. The average Bonchev–Trinajstić information content (AvgIpc) is 3.09. The number of benzene rings is 1. The summed E-state index contributed by atoms with van der Waals surface area (Å²) in [5.74, 6) is -0.224. The molecule has 23 heavy (non-hydrogen) atoms. The third-order valence-corrected chi connectivity index (χ3v) is 3.95. The molecule has 0 radical (unpaired) electrons. The lowest BCUT2D eigenvalue weighted by Crippen LogP contribution is -2.37. The van der Waals surface area contributed by atoms with Gasteiger partial charge in [0.1, 0.15) is 6.04 Å². The largest absolute Gasteiger partial charge is 0.374 e. The van der Waals surface area contributed by atoms with Crippen molar-refractivity contribution in [3.63, 3.8) is 0 Å². The van der Waals surface area contributed by atoms with E-state index >= 15 is 0 Å². The van der Waals surface area contributed by atoms with Gasteiger partial charge in [0.2, 0.25) is 5.91 Å². The van der Waals surface area contributed by atoms with E-state index in [1.165, 1.54) is 11.3 Å². The lowest BCUT2D eigenvalue weighted by molar-refractivity contribution is -0.121. The number of anilines is 2. The minimum atomic E-state index is -0.360. The van der Waals surface area contributed by atoms with Gasteiger partial charge in [-0.05, 0) is 42.6 Å². The molecule has 1 heterocycles. The molecular weight excluding hydrogens is 310 g/mol. The van der Waals surface area contributed by atoms with Crippen LogP contribution in [0.1, 0.15) is 16.6 Å². The molecule has 1 atom stereocenters. The molecule has 0 aliphatic rings. The molecule has 2 rings (SSSR count). The van der Waals surface area contributed by atoms with Crippen LogP contribution in [-0.4, -0.2) is 24.4 Å². The lowest BCUT2D eigenvalue weighted by atomic mass is 10.2. The summed E-state index contributed by atoms with van der Waals surface area (Å²) in [5.41, 5.74) is 1.51. The van der Waals surface area contributed by atoms with Crippen LogP contribution in [0.5, 0.6) is 0 Å². The SMILES string of the molecule is C=CCNC(=O)C(C)Nc1ccc(NC(=O)c2cccs2)cc1. The first-order chi connectivity index (χ1) is 11.1. The number of thiophene rings is 1. The highest BCUT2D eigenvalue weighted by atomic mass is 32.1. The van der Waals surface area contributed by atoms with Crippen molar-refractivity contribution in [2.45, 2.75) is 13.0 Å². The predicted octanol–water partition coefficient (Wildman–Crippen LogP) is 3.10. The number of hydrogen-bond acceptors (Lipinski definition) is 4. The average molecular weight is 329 g/mol. The highest BCUT2D eigenvalue weighted by Crippen LogP contribution is 2.17. The minimum Gasteiger partial charge on any atom is -0.374 e. The van der Waals surface area contributed by atoms with E-state index in [9.17, 15) is 9.59 Å². The summed E-state index contributed by atoms with van der Waals surface area (Å²) in [6.07, 6.45) is 1.63. The monoisotopic (exact) mass is 329 g/mol. The first-order valence-electron chi connectivity index (χ1n) is 7.20. The van der Waals surface area contributed by atoms with Crippen molar-refractivity contribution >= 4 is 34.5 Å². The van der Waals surface area contributed by atoms with Crippen molar-refractivity contribution in [1.82, 2.24) is 5.32 Å². The summed E-state index contributed by atoms with van der Waals surface area (Å²) in [7, 11) is 0. The van der Waals surface area contributed by atoms with Gasteiger partial charge in [-0.1, -0.05) is 12.1 Å². The van der Waals surface area contributed by atoms with Crippen LogP contribution in [0.2, 0.25) is 0 Å². The molecule has 2 aromatic rings. The third-order valence-electron chi connectivity index (χ3n) is 3.08. The third kappa shape index (κ3) is 4.96. The summed E-state index contributed by atoms with van der Waals surface area (Å²) >= 11 is 1.40. The molecular formula is C17H19N3O2S. The normalized spacial score (nSPS) is 11.3. The van der Waals surface area contributed by atoms with Crippen molar-refractivity contribution in [3.05, 3.63) is 59.3 Å². The highest BCUT2D eigenvalue weighted by Gasteiger charge is 2.11. The fourth-order valence-electron chi connectivity index (χ4n) is 1.89. The fourth-order valence-corrected chi connectivity index (χ4v) is 2.51. The van der Waals surface area contributed by atoms with Gasteiger partial charge < -0.3 is 16.0 Å². The topological polar surface area (TPSA) is 70.2 Å². The van der Waals surface area contributed by atoms with Gasteiger partial charge in [-0.2, -0.15) is 0 Å². The van der Waals surface area contributed by atoms with Crippen molar-refractivity contribution in [3.8, 4) is 0 Å². The molecule has 6 heteroatoms. The van der Waals surface area contributed by atoms with Gasteiger partial charge in [0.25, 0.3) is 5.91 Å². The summed E-state index contributed by atoms with van der Waals surface area (Å²) in [6, 6.07) is 10.5. The van der Waals surface area contributed by atoms with E-state index in [1.54, 1.807) is 31.2 Å². The first kappa shape index (κ1) is 16.8. The van der Waals surface area contributed by atoms with Crippen LogP contribution in [0.15, 0.2) is 54.4 Å². The van der Waals surface area contributed by atoms with Crippen LogP contribution in [0.25, 0.3) is 0 Å². The predicted molar refractivity (Wildman–Crippen MR) is 95.0 cm³/mol. The van der Waals surface area contributed by atoms with Crippen molar-refractivity contribution in [2.75, 3.05) is 17.2 Å². The highest BCUT2D eigenvalue weighted by molar-refractivity contribution is 7.12. The van der Waals surface area contributed by atoms with E-state index in [1.807, 2.05) is 23.6 Å². The molecule has 1 aromatic heterocycles. The molecule has 120 valence electrons. The van der Waals surface area contributed by atoms with Crippen molar-refractivity contribution in [2.24, 2.45) is 0 Å². The molecule has 5 nitrogen and oxygen atoms in total. The maximum atomic E-state index is 12.0. The van der Waals surface area contributed by atoms with Crippen LogP contribution >= 0.6 is 11.3 Å². The Bertz CT molecular complexity index is 666. The summed E-state index contributed by atoms with van der Waals surface area (Å²) < 4.78 is 0. The van der Waals surface area contributed by atoms with Crippen LogP contribution in [0.4, 0.5) is 11.4 Å². The molecule has 3 N–H and O–H groups in total. The second-order valence-corrected chi connectivity index (χ2v) is 5.86. The second-order valence-electron chi connectivity index (χ2n) is 4.91. The fraction of sp³-hybridized carbons (Fsp3) is 0.176. The Morgan fingerprint density at radius 2 is 1.91 bits per heavy atom. The minimum absolute atomic E-state index is 0.0972. The van der Waals surface area contributed by atoms with E-state index in [4.69, 9.17) is 0 Å². The maximum Gasteiger partial charge on any atom is 0.265 e. The van der Waals surface area contributed by atoms with Gasteiger partial charge in [0, 0.05) is 17.9 Å². The zero-order valence-electron chi connectivity index (χ0n) is 12.8. The molecule has 0 bridgehead atoms.